The molecule has 1 aliphatic carbocycles. The Labute approximate surface area is 268 Å². The predicted molar refractivity (Wildman–Crippen MR) is 180 cm³/mol. The van der Waals surface area contributed by atoms with Crippen molar-refractivity contribution in [3.05, 3.63) is 93.5 Å². The average Bonchev–Trinajstić information content (AvgIpc) is 2.94. The Balaban J connectivity index is 1.38. The zero-order chi connectivity index (χ0) is 28.2. The van der Waals surface area contributed by atoms with Crippen LogP contribution in [0.2, 0.25) is 0 Å². The van der Waals surface area contributed by atoms with E-state index in [9.17, 15) is 9.59 Å². The maximum atomic E-state index is 13.6. The van der Waals surface area contributed by atoms with Crippen molar-refractivity contribution in [1.82, 2.24) is 9.66 Å². The molecule has 5 rings (SSSR count). The van der Waals surface area contributed by atoms with Gasteiger partial charge >= 0.3 is 0 Å². The number of nitrogens with zero attached hydrogens (tertiary/aromatic N) is 3. The van der Waals surface area contributed by atoms with E-state index >= 15 is 0 Å². The highest BCUT2D eigenvalue weighted by molar-refractivity contribution is 14.1. The molecule has 1 heterocycles. The number of hydrogen-bond donors (Lipinski definition) is 1. The maximum absolute atomic E-state index is 13.6. The van der Waals surface area contributed by atoms with Gasteiger partial charge in [-0.1, -0.05) is 52.9 Å². The predicted octanol–water partition coefficient (Wildman–Crippen LogP) is 7.62. The van der Waals surface area contributed by atoms with E-state index in [0.717, 1.165) is 59.9 Å². The summed E-state index contributed by atoms with van der Waals surface area (Å²) in [4.78, 5) is 30.9. The number of anilines is 1. The first-order valence-corrected chi connectivity index (χ1v) is 16.0. The minimum absolute atomic E-state index is 0.105. The van der Waals surface area contributed by atoms with Crippen LogP contribution in [0.25, 0.3) is 10.9 Å². The largest absolute Gasteiger partial charge is 0.482 e. The molecule has 206 valence electrons. The summed E-state index contributed by atoms with van der Waals surface area (Å²) in [6.45, 7) is 1.89. The summed E-state index contributed by atoms with van der Waals surface area (Å²) >= 11 is 7.86. The molecule has 0 radical (unpaired) electrons. The summed E-state index contributed by atoms with van der Waals surface area (Å²) in [5, 5.41) is 8.04. The first kappa shape index (κ1) is 29.2. The third-order valence-corrected chi connectivity index (χ3v) is 8.93. The van der Waals surface area contributed by atoms with Gasteiger partial charge < -0.3 is 10.1 Å². The van der Waals surface area contributed by atoms with Crippen LogP contribution in [-0.4, -0.2) is 28.4 Å². The number of ether oxygens (including phenoxy) is 1. The van der Waals surface area contributed by atoms with E-state index in [4.69, 9.17) is 9.72 Å². The third kappa shape index (κ3) is 6.93. The molecule has 3 aromatic carbocycles. The van der Waals surface area contributed by atoms with Gasteiger partial charge in [-0.15, -0.1) is 0 Å². The molecular formula is C30H27BrI2N4O3. The monoisotopic (exact) mass is 824 g/mol. The van der Waals surface area contributed by atoms with E-state index in [1.807, 2.05) is 55.5 Å². The van der Waals surface area contributed by atoms with E-state index in [1.54, 1.807) is 12.3 Å². The summed E-state index contributed by atoms with van der Waals surface area (Å²) in [6, 6.07) is 17.1. The van der Waals surface area contributed by atoms with E-state index in [2.05, 4.69) is 71.5 Å². The number of carbonyl (C=O) groups is 1. The van der Waals surface area contributed by atoms with E-state index in [1.165, 1.54) is 11.1 Å². The lowest BCUT2D eigenvalue weighted by molar-refractivity contribution is -0.118. The van der Waals surface area contributed by atoms with Crippen molar-refractivity contribution in [2.24, 2.45) is 5.10 Å². The van der Waals surface area contributed by atoms with Gasteiger partial charge in [-0.05, 0) is 113 Å². The van der Waals surface area contributed by atoms with Crippen LogP contribution in [0.1, 0.15) is 55.0 Å². The number of benzene rings is 3. The van der Waals surface area contributed by atoms with E-state index in [0.29, 0.717) is 16.7 Å². The Bertz CT molecular complexity index is 1620. The van der Waals surface area contributed by atoms with Crippen LogP contribution in [0.4, 0.5) is 5.69 Å². The minimum Gasteiger partial charge on any atom is -0.482 e. The molecule has 0 spiro atoms. The van der Waals surface area contributed by atoms with Crippen molar-refractivity contribution in [1.29, 1.82) is 0 Å². The molecule has 40 heavy (non-hydrogen) atoms. The second-order valence-electron chi connectivity index (χ2n) is 9.84. The molecule has 4 aromatic rings. The molecular weight excluding hydrogens is 798 g/mol. The molecule has 1 N–H and O–H groups in total. The second-order valence-corrected chi connectivity index (χ2v) is 13.1. The molecule has 0 saturated heterocycles. The Morgan fingerprint density at radius 1 is 1.10 bits per heavy atom. The second kappa shape index (κ2) is 13.1. The zero-order valence-corrected chi connectivity index (χ0v) is 27.7. The molecule has 0 atom stereocenters. The molecule has 1 amide bonds. The van der Waals surface area contributed by atoms with E-state index < -0.39 is 0 Å². The highest BCUT2D eigenvalue weighted by Gasteiger charge is 2.22. The van der Waals surface area contributed by atoms with Gasteiger partial charge in [0.1, 0.15) is 11.6 Å². The number of amides is 1. The SMILES string of the molecule is Cc1ccc(NC(=O)COc2c(I)cc(C=Nn3c(C4CCCCC4)nc4ccc(Br)cc4c3=O)cc2I)cc1. The van der Waals surface area contributed by atoms with Crippen molar-refractivity contribution < 1.29 is 9.53 Å². The third-order valence-electron chi connectivity index (χ3n) is 6.83. The fourth-order valence-corrected chi connectivity index (χ4v) is 7.28. The Hall–Kier alpha value is -2.32. The van der Waals surface area contributed by atoms with Gasteiger partial charge in [-0.3, -0.25) is 9.59 Å². The van der Waals surface area contributed by atoms with Crippen LogP contribution < -0.4 is 15.6 Å². The van der Waals surface area contributed by atoms with Gasteiger partial charge in [0, 0.05) is 16.1 Å². The van der Waals surface area contributed by atoms with Gasteiger partial charge in [0.15, 0.2) is 6.61 Å². The molecule has 0 unspecified atom stereocenters. The van der Waals surface area contributed by atoms with Gasteiger partial charge in [-0.2, -0.15) is 9.78 Å². The quantitative estimate of drug-likeness (QED) is 0.154. The van der Waals surface area contributed by atoms with Crippen LogP contribution in [0.5, 0.6) is 5.75 Å². The van der Waals surface area contributed by atoms with Gasteiger partial charge in [0.05, 0.1) is 24.3 Å². The lowest BCUT2D eigenvalue weighted by Crippen LogP contribution is -2.25. The number of aryl methyl sites for hydroxylation is 1. The molecule has 7 nitrogen and oxygen atoms in total. The number of halogens is 3. The lowest BCUT2D eigenvalue weighted by Gasteiger charge is -2.22. The summed E-state index contributed by atoms with van der Waals surface area (Å²) < 4.78 is 9.87. The minimum atomic E-state index is -0.230. The maximum Gasteiger partial charge on any atom is 0.282 e. The van der Waals surface area contributed by atoms with Crippen molar-refractivity contribution >= 4 is 89.8 Å². The number of carbonyl (C=O) groups excluding carboxylic acids is 1. The highest BCUT2D eigenvalue weighted by atomic mass is 127. The first-order chi connectivity index (χ1) is 19.3. The first-order valence-electron chi connectivity index (χ1n) is 13.0. The average molecular weight is 825 g/mol. The van der Waals surface area contributed by atoms with Crippen LogP contribution in [0, 0.1) is 14.1 Å². The fraction of sp³-hybridized carbons (Fsp3) is 0.267. The van der Waals surface area contributed by atoms with Gasteiger partial charge in [0.25, 0.3) is 11.5 Å². The standard InChI is InChI=1S/C30H27BrI2N4O3/c1-18-7-10-22(11-8-18)35-27(38)17-40-28-24(32)13-19(14-25(28)33)16-34-37-29(20-5-3-2-4-6-20)36-26-12-9-21(31)15-23(26)30(37)39/h7-16,20H,2-6,17H2,1H3,(H,35,38). The number of hydrogen-bond acceptors (Lipinski definition) is 5. The highest BCUT2D eigenvalue weighted by Crippen LogP contribution is 2.32. The molecule has 1 saturated carbocycles. The number of nitrogens with one attached hydrogen (secondary N) is 1. The van der Waals surface area contributed by atoms with E-state index in [-0.39, 0.29) is 24.0 Å². The Kier molecular flexibility index (Phi) is 9.56. The number of fused-ring (bicyclic) bond motifs is 1. The van der Waals surface area contributed by atoms with Crippen LogP contribution >= 0.6 is 61.1 Å². The normalized spacial score (nSPS) is 14.1. The van der Waals surface area contributed by atoms with Crippen molar-refractivity contribution in [2.45, 2.75) is 44.9 Å². The molecule has 1 aliphatic rings. The number of aromatic nitrogens is 2. The molecule has 1 aromatic heterocycles. The molecule has 0 bridgehead atoms. The van der Waals surface area contributed by atoms with Crippen molar-refractivity contribution in [3.63, 3.8) is 0 Å². The molecule has 10 heteroatoms. The zero-order valence-electron chi connectivity index (χ0n) is 21.8. The lowest BCUT2D eigenvalue weighted by atomic mass is 9.88. The fourth-order valence-electron chi connectivity index (χ4n) is 4.79. The van der Waals surface area contributed by atoms with Gasteiger partial charge in [-0.25, -0.2) is 4.98 Å². The van der Waals surface area contributed by atoms with Crippen molar-refractivity contribution in [2.75, 3.05) is 11.9 Å². The summed E-state index contributed by atoms with van der Waals surface area (Å²) in [5.74, 6) is 1.33. The van der Waals surface area contributed by atoms with Crippen LogP contribution in [0.3, 0.4) is 0 Å². The summed E-state index contributed by atoms with van der Waals surface area (Å²) in [7, 11) is 0. The number of rotatable bonds is 7. The Morgan fingerprint density at radius 3 is 2.50 bits per heavy atom. The van der Waals surface area contributed by atoms with Gasteiger partial charge in [0.2, 0.25) is 0 Å². The summed E-state index contributed by atoms with van der Waals surface area (Å²) in [5.41, 5.74) is 3.20. The van der Waals surface area contributed by atoms with Crippen molar-refractivity contribution in [3.8, 4) is 5.75 Å². The topological polar surface area (TPSA) is 85.6 Å². The molecule has 0 aliphatic heterocycles. The van der Waals surface area contributed by atoms with Crippen LogP contribution in [-0.2, 0) is 4.79 Å². The van der Waals surface area contributed by atoms with Crippen LogP contribution in [0.15, 0.2) is 69.0 Å². The summed E-state index contributed by atoms with van der Waals surface area (Å²) in [6.07, 6.45) is 7.17. The Morgan fingerprint density at radius 2 is 1.80 bits per heavy atom. The smallest absolute Gasteiger partial charge is 0.282 e. The molecule has 1 fully saturated rings.